The molecule has 0 unspecified atom stereocenters. The molecule has 2 fully saturated rings. The van der Waals surface area contributed by atoms with Crippen molar-refractivity contribution in [1.29, 1.82) is 0 Å². The molecule has 2 aliphatic rings. The summed E-state index contributed by atoms with van der Waals surface area (Å²) in [6.45, 7) is 3.14. The number of urea groups is 1. The van der Waals surface area contributed by atoms with E-state index >= 15 is 0 Å². The van der Waals surface area contributed by atoms with Crippen molar-refractivity contribution in [3.05, 3.63) is 29.3 Å². The van der Waals surface area contributed by atoms with Crippen molar-refractivity contribution in [3.8, 4) is 5.75 Å². The van der Waals surface area contributed by atoms with Gasteiger partial charge in [0.05, 0.1) is 0 Å². The SMILES string of the molecule is Cc1ccc(C(=O)OCC(=O)NN2C(=O)NC3(CCC(C)CC3)C2=O)c(O)c1. The van der Waals surface area contributed by atoms with Crippen molar-refractivity contribution in [2.75, 3.05) is 6.61 Å². The van der Waals surface area contributed by atoms with Crippen LogP contribution in [0.3, 0.4) is 0 Å². The minimum atomic E-state index is -0.971. The summed E-state index contributed by atoms with van der Waals surface area (Å²) in [4.78, 5) is 48.9. The normalized spacial score (nSPS) is 24.2. The second-order valence-electron chi connectivity index (χ2n) is 7.47. The van der Waals surface area contributed by atoms with Crippen LogP contribution in [-0.4, -0.2) is 46.1 Å². The molecule has 9 heteroatoms. The molecule has 3 rings (SSSR count). The van der Waals surface area contributed by atoms with Crippen LogP contribution in [0.1, 0.15) is 48.5 Å². The topological polar surface area (TPSA) is 125 Å². The Labute approximate surface area is 162 Å². The minimum Gasteiger partial charge on any atom is -0.507 e. The fourth-order valence-electron chi connectivity index (χ4n) is 3.50. The molecular formula is C19H23N3O6. The number of hydrazine groups is 1. The highest BCUT2D eigenvalue weighted by Gasteiger charge is 2.52. The maximum Gasteiger partial charge on any atom is 0.344 e. The lowest BCUT2D eigenvalue weighted by atomic mass is 9.77. The van der Waals surface area contributed by atoms with Crippen molar-refractivity contribution in [2.45, 2.75) is 45.1 Å². The first-order valence-corrected chi connectivity index (χ1v) is 9.15. The number of imide groups is 1. The monoisotopic (exact) mass is 389 g/mol. The van der Waals surface area contributed by atoms with E-state index in [2.05, 4.69) is 17.7 Å². The van der Waals surface area contributed by atoms with Gasteiger partial charge >= 0.3 is 12.0 Å². The summed E-state index contributed by atoms with van der Waals surface area (Å²) in [5.74, 6) is -1.99. The predicted molar refractivity (Wildman–Crippen MR) is 97.0 cm³/mol. The Hall–Kier alpha value is -3.10. The largest absolute Gasteiger partial charge is 0.507 e. The van der Waals surface area contributed by atoms with Gasteiger partial charge in [-0.15, -0.1) is 0 Å². The van der Waals surface area contributed by atoms with Crippen LogP contribution in [0.25, 0.3) is 0 Å². The lowest BCUT2D eigenvalue weighted by Gasteiger charge is -2.33. The van der Waals surface area contributed by atoms with E-state index in [0.717, 1.165) is 18.4 Å². The first-order valence-electron chi connectivity index (χ1n) is 9.15. The molecule has 0 aromatic heterocycles. The third-order valence-corrected chi connectivity index (χ3v) is 5.23. The summed E-state index contributed by atoms with van der Waals surface area (Å²) in [6, 6.07) is 3.70. The molecule has 9 nitrogen and oxygen atoms in total. The highest BCUT2D eigenvalue weighted by molar-refractivity contribution is 6.08. The molecule has 1 spiro atoms. The summed E-state index contributed by atoms with van der Waals surface area (Å²) in [5, 5.41) is 13.1. The summed E-state index contributed by atoms with van der Waals surface area (Å²) < 4.78 is 4.86. The fraction of sp³-hybridized carbons (Fsp3) is 0.474. The Morgan fingerprint density at radius 1 is 1.32 bits per heavy atom. The number of esters is 1. The van der Waals surface area contributed by atoms with E-state index in [9.17, 15) is 24.3 Å². The molecule has 1 aromatic carbocycles. The van der Waals surface area contributed by atoms with Crippen LogP contribution < -0.4 is 10.7 Å². The van der Waals surface area contributed by atoms with E-state index < -0.39 is 36.0 Å². The van der Waals surface area contributed by atoms with Gasteiger partial charge in [-0.2, -0.15) is 5.01 Å². The van der Waals surface area contributed by atoms with E-state index in [-0.39, 0.29) is 11.3 Å². The van der Waals surface area contributed by atoms with Crippen LogP contribution in [0.5, 0.6) is 5.75 Å². The quantitative estimate of drug-likeness (QED) is 0.528. The molecular weight excluding hydrogens is 366 g/mol. The summed E-state index contributed by atoms with van der Waals surface area (Å²) in [5.41, 5.74) is 1.89. The predicted octanol–water partition coefficient (Wildman–Crippen LogP) is 1.39. The molecule has 0 bridgehead atoms. The molecule has 150 valence electrons. The number of nitrogens with one attached hydrogen (secondary N) is 2. The minimum absolute atomic E-state index is 0.0799. The zero-order valence-electron chi connectivity index (χ0n) is 15.8. The van der Waals surface area contributed by atoms with Gasteiger partial charge in [0.2, 0.25) is 0 Å². The molecule has 4 amide bonds. The van der Waals surface area contributed by atoms with Crippen molar-refractivity contribution >= 4 is 23.8 Å². The Balaban J connectivity index is 1.57. The number of aryl methyl sites for hydroxylation is 1. The van der Waals surface area contributed by atoms with Gasteiger partial charge in [-0.25, -0.2) is 9.59 Å². The third kappa shape index (κ3) is 3.78. The smallest absolute Gasteiger partial charge is 0.344 e. The number of amides is 4. The Bertz CT molecular complexity index is 829. The van der Waals surface area contributed by atoms with Crippen molar-refractivity contribution < 1.29 is 29.0 Å². The number of ether oxygens (including phenoxy) is 1. The number of carbonyl (C=O) groups is 4. The van der Waals surface area contributed by atoms with Gasteiger partial charge in [0.15, 0.2) is 6.61 Å². The van der Waals surface area contributed by atoms with Gasteiger partial charge in [-0.3, -0.25) is 15.0 Å². The lowest BCUT2D eigenvalue weighted by molar-refractivity contribution is -0.141. The fourth-order valence-corrected chi connectivity index (χ4v) is 3.50. The van der Waals surface area contributed by atoms with Gasteiger partial charge in [0.1, 0.15) is 16.9 Å². The maximum atomic E-state index is 12.7. The Morgan fingerprint density at radius 2 is 2.00 bits per heavy atom. The van der Waals surface area contributed by atoms with Crippen LogP contribution in [-0.2, 0) is 14.3 Å². The van der Waals surface area contributed by atoms with Crippen LogP contribution in [0.2, 0.25) is 0 Å². The third-order valence-electron chi connectivity index (χ3n) is 5.23. The molecule has 0 atom stereocenters. The van der Waals surface area contributed by atoms with Gasteiger partial charge in [-0.1, -0.05) is 13.0 Å². The van der Waals surface area contributed by atoms with Crippen molar-refractivity contribution in [1.82, 2.24) is 15.8 Å². The van der Waals surface area contributed by atoms with E-state index in [1.54, 1.807) is 13.0 Å². The molecule has 1 aromatic rings. The second kappa shape index (κ2) is 7.49. The number of rotatable bonds is 4. The van der Waals surface area contributed by atoms with E-state index in [1.807, 2.05) is 0 Å². The number of benzene rings is 1. The number of aromatic hydroxyl groups is 1. The van der Waals surface area contributed by atoms with Gasteiger partial charge in [-0.05, 0) is 56.2 Å². The number of nitrogens with zero attached hydrogens (tertiary/aromatic N) is 1. The molecule has 28 heavy (non-hydrogen) atoms. The second-order valence-corrected chi connectivity index (χ2v) is 7.47. The van der Waals surface area contributed by atoms with Crippen molar-refractivity contribution in [3.63, 3.8) is 0 Å². The number of carbonyl (C=O) groups excluding carboxylic acids is 4. The molecule has 1 aliphatic heterocycles. The highest BCUT2D eigenvalue weighted by atomic mass is 16.5. The summed E-state index contributed by atoms with van der Waals surface area (Å²) in [7, 11) is 0. The molecule has 1 saturated carbocycles. The zero-order chi connectivity index (χ0) is 20.5. The lowest BCUT2D eigenvalue weighted by Crippen LogP contribution is -2.52. The number of hydrogen-bond donors (Lipinski definition) is 3. The van der Waals surface area contributed by atoms with Gasteiger partial charge in [0.25, 0.3) is 11.8 Å². The van der Waals surface area contributed by atoms with Gasteiger partial charge < -0.3 is 15.2 Å². The van der Waals surface area contributed by atoms with Crippen molar-refractivity contribution in [2.24, 2.45) is 5.92 Å². The first kappa shape index (κ1) is 19.7. The Morgan fingerprint density at radius 3 is 2.64 bits per heavy atom. The van der Waals surface area contributed by atoms with E-state index in [1.165, 1.54) is 12.1 Å². The van der Waals surface area contributed by atoms with Crippen LogP contribution in [0.15, 0.2) is 18.2 Å². The number of phenols is 1. The number of hydrogen-bond acceptors (Lipinski definition) is 6. The van der Waals surface area contributed by atoms with Gasteiger partial charge in [0, 0.05) is 0 Å². The molecule has 1 saturated heterocycles. The Kier molecular flexibility index (Phi) is 5.26. The standard InChI is InChI=1S/C19H23N3O6/c1-11-5-7-19(8-6-11)17(26)22(18(27)20-19)21-15(24)10-28-16(25)13-4-3-12(2)9-14(13)23/h3-4,9,11,23H,5-8,10H2,1-2H3,(H,20,27)(H,21,24). The average molecular weight is 389 g/mol. The average Bonchev–Trinajstić information content (AvgIpc) is 2.86. The van der Waals surface area contributed by atoms with Crippen LogP contribution in [0.4, 0.5) is 4.79 Å². The molecule has 0 radical (unpaired) electrons. The molecule has 1 heterocycles. The summed E-state index contributed by atoms with van der Waals surface area (Å²) in [6.07, 6.45) is 2.66. The van der Waals surface area contributed by atoms with Crippen LogP contribution >= 0.6 is 0 Å². The van der Waals surface area contributed by atoms with E-state index in [0.29, 0.717) is 23.8 Å². The zero-order valence-corrected chi connectivity index (χ0v) is 15.8. The maximum absolute atomic E-state index is 12.7. The first-order chi connectivity index (χ1) is 13.2. The van der Waals surface area contributed by atoms with E-state index in [4.69, 9.17) is 4.74 Å². The molecule has 3 N–H and O–H groups in total. The van der Waals surface area contributed by atoms with Crippen LogP contribution in [0, 0.1) is 12.8 Å². The summed E-state index contributed by atoms with van der Waals surface area (Å²) >= 11 is 0. The highest BCUT2D eigenvalue weighted by Crippen LogP contribution is 2.35. The molecule has 1 aliphatic carbocycles. The number of phenolic OH excluding ortho intramolecular Hbond substituents is 1.